The zero-order chi connectivity index (χ0) is 11.1. The largest absolute Gasteiger partial charge is 0.307 e. The first-order chi connectivity index (χ1) is 7.72. The zero-order valence-electron chi connectivity index (χ0n) is 8.20. The van der Waals surface area contributed by atoms with Gasteiger partial charge in [-0.25, -0.2) is 4.98 Å². The lowest BCUT2D eigenvalue weighted by Gasteiger charge is -2.01. The molecule has 78 valence electrons. The van der Waals surface area contributed by atoms with Gasteiger partial charge in [0.25, 0.3) is 0 Å². The number of aromatic nitrogens is 2. The maximum atomic E-state index is 11.2. The minimum absolute atomic E-state index is 0.145. The molecule has 0 aliphatic heterocycles. The summed E-state index contributed by atoms with van der Waals surface area (Å²) >= 11 is 5.91. The van der Waals surface area contributed by atoms with Crippen LogP contribution in [0.2, 0.25) is 5.02 Å². The van der Waals surface area contributed by atoms with Gasteiger partial charge in [-0.1, -0.05) is 11.6 Å². The number of hydrogen-bond acceptors (Lipinski definition) is 2. The number of pyridine rings is 2. The molecule has 16 heavy (non-hydrogen) atoms. The Morgan fingerprint density at radius 1 is 1.06 bits per heavy atom. The average molecular weight is 231 g/mol. The highest BCUT2D eigenvalue weighted by molar-refractivity contribution is 6.31. The lowest BCUT2D eigenvalue weighted by molar-refractivity contribution is 1.25. The van der Waals surface area contributed by atoms with Crippen LogP contribution in [0.15, 0.2) is 41.2 Å². The second-order valence-corrected chi connectivity index (χ2v) is 4.02. The third kappa shape index (κ3) is 1.46. The number of halogens is 1. The van der Waals surface area contributed by atoms with E-state index in [-0.39, 0.29) is 5.56 Å². The Labute approximate surface area is 95.7 Å². The molecule has 1 aromatic carbocycles. The van der Waals surface area contributed by atoms with E-state index >= 15 is 0 Å². The standard InChI is InChI=1S/C12H7ClN2O/c13-9-2-3-10-8(6-9)5-7-1-4-11(16)15-12(7)14-10/h1-6H,(H,14,15,16). The summed E-state index contributed by atoms with van der Waals surface area (Å²) < 4.78 is 0. The molecule has 0 aliphatic carbocycles. The molecule has 0 saturated carbocycles. The molecular formula is C12H7ClN2O. The molecule has 2 heterocycles. The monoisotopic (exact) mass is 230 g/mol. The fourth-order valence-electron chi connectivity index (χ4n) is 1.71. The molecule has 0 fully saturated rings. The van der Waals surface area contributed by atoms with E-state index in [1.165, 1.54) is 6.07 Å². The molecule has 1 N–H and O–H groups in total. The Balaban J connectivity index is 2.48. The average Bonchev–Trinajstić information content (AvgIpc) is 2.26. The zero-order valence-corrected chi connectivity index (χ0v) is 8.95. The van der Waals surface area contributed by atoms with Gasteiger partial charge in [-0.05, 0) is 30.3 Å². The van der Waals surface area contributed by atoms with E-state index in [0.717, 1.165) is 16.3 Å². The first-order valence-corrected chi connectivity index (χ1v) is 5.19. The molecule has 4 heteroatoms. The normalized spacial score (nSPS) is 11.1. The van der Waals surface area contributed by atoms with Crippen molar-refractivity contribution in [1.82, 2.24) is 9.97 Å². The minimum atomic E-state index is -0.145. The Bertz CT molecular complexity index is 749. The first kappa shape index (κ1) is 9.36. The van der Waals surface area contributed by atoms with Gasteiger partial charge in [0.15, 0.2) is 0 Å². The summed E-state index contributed by atoms with van der Waals surface area (Å²) in [4.78, 5) is 18.2. The number of nitrogens with one attached hydrogen (secondary N) is 1. The molecule has 0 radical (unpaired) electrons. The van der Waals surface area contributed by atoms with Crippen LogP contribution in [0.25, 0.3) is 21.9 Å². The Kier molecular flexibility index (Phi) is 1.94. The molecule has 0 bridgehead atoms. The van der Waals surface area contributed by atoms with Crippen LogP contribution in [-0.2, 0) is 0 Å². The molecule has 3 aromatic rings. The van der Waals surface area contributed by atoms with Gasteiger partial charge in [-0.2, -0.15) is 0 Å². The van der Waals surface area contributed by atoms with E-state index < -0.39 is 0 Å². The predicted molar refractivity (Wildman–Crippen MR) is 64.9 cm³/mol. The topological polar surface area (TPSA) is 45.8 Å². The Morgan fingerprint density at radius 3 is 2.81 bits per heavy atom. The number of nitrogens with zero attached hydrogens (tertiary/aromatic N) is 1. The number of benzene rings is 1. The summed E-state index contributed by atoms with van der Waals surface area (Å²) in [5.74, 6) is 0. The number of aromatic amines is 1. The van der Waals surface area contributed by atoms with Gasteiger partial charge in [0.1, 0.15) is 5.65 Å². The van der Waals surface area contributed by atoms with E-state index in [1.807, 2.05) is 18.2 Å². The van der Waals surface area contributed by atoms with Crippen LogP contribution in [0.4, 0.5) is 0 Å². The van der Waals surface area contributed by atoms with Crippen molar-refractivity contribution < 1.29 is 0 Å². The van der Waals surface area contributed by atoms with Crippen molar-refractivity contribution in [2.45, 2.75) is 0 Å². The van der Waals surface area contributed by atoms with Crippen LogP contribution in [0, 0.1) is 0 Å². The van der Waals surface area contributed by atoms with Gasteiger partial charge < -0.3 is 4.98 Å². The summed E-state index contributed by atoms with van der Waals surface area (Å²) in [5.41, 5.74) is 1.27. The molecule has 0 saturated heterocycles. The smallest absolute Gasteiger partial charge is 0.249 e. The van der Waals surface area contributed by atoms with Crippen molar-refractivity contribution in [3.63, 3.8) is 0 Å². The Morgan fingerprint density at radius 2 is 1.94 bits per heavy atom. The number of fused-ring (bicyclic) bond motifs is 2. The van der Waals surface area contributed by atoms with Crippen LogP contribution >= 0.6 is 11.6 Å². The van der Waals surface area contributed by atoms with Crippen molar-refractivity contribution in [2.24, 2.45) is 0 Å². The third-order valence-corrected chi connectivity index (χ3v) is 2.70. The van der Waals surface area contributed by atoms with Crippen LogP contribution < -0.4 is 5.56 Å². The quantitative estimate of drug-likeness (QED) is 0.604. The molecular weight excluding hydrogens is 224 g/mol. The number of H-pyrrole nitrogens is 1. The second kappa shape index (κ2) is 3.32. The van der Waals surface area contributed by atoms with Crippen molar-refractivity contribution in [2.75, 3.05) is 0 Å². The van der Waals surface area contributed by atoms with Gasteiger partial charge >= 0.3 is 0 Å². The van der Waals surface area contributed by atoms with E-state index in [9.17, 15) is 4.79 Å². The molecule has 0 amide bonds. The van der Waals surface area contributed by atoms with Crippen LogP contribution in [0.5, 0.6) is 0 Å². The molecule has 0 unspecified atom stereocenters. The molecule has 3 rings (SSSR count). The minimum Gasteiger partial charge on any atom is -0.307 e. The highest BCUT2D eigenvalue weighted by Crippen LogP contribution is 2.20. The summed E-state index contributed by atoms with van der Waals surface area (Å²) in [7, 11) is 0. The summed E-state index contributed by atoms with van der Waals surface area (Å²) in [6.45, 7) is 0. The fourth-order valence-corrected chi connectivity index (χ4v) is 1.90. The second-order valence-electron chi connectivity index (χ2n) is 3.59. The maximum absolute atomic E-state index is 11.2. The van der Waals surface area contributed by atoms with Crippen molar-refractivity contribution in [3.05, 3.63) is 51.8 Å². The number of rotatable bonds is 0. The highest BCUT2D eigenvalue weighted by Gasteiger charge is 2.00. The van der Waals surface area contributed by atoms with Crippen molar-refractivity contribution in [1.29, 1.82) is 0 Å². The summed E-state index contributed by atoms with van der Waals surface area (Å²) in [6, 6.07) is 10.7. The van der Waals surface area contributed by atoms with Crippen LogP contribution in [-0.4, -0.2) is 9.97 Å². The van der Waals surface area contributed by atoms with Gasteiger partial charge in [0, 0.05) is 21.9 Å². The first-order valence-electron chi connectivity index (χ1n) is 4.82. The van der Waals surface area contributed by atoms with Gasteiger partial charge in [-0.15, -0.1) is 0 Å². The fraction of sp³-hybridized carbons (Fsp3) is 0. The molecule has 2 aromatic heterocycles. The maximum Gasteiger partial charge on any atom is 0.249 e. The lowest BCUT2D eigenvalue weighted by Crippen LogP contribution is -2.03. The van der Waals surface area contributed by atoms with E-state index in [0.29, 0.717) is 10.7 Å². The highest BCUT2D eigenvalue weighted by atomic mass is 35.5. The summed E-state index contributed by atoms with van der Waals surface area (Å²) in [6.07, 6.45) is 0. The van der Waals surface area contributed by atoms with Crippen molar-refractivity contribution >= 4 is 33.5 Å². The van der Waals surface area contributed by atoms with E-state index in [2.05, 4.69) is 9.97 Å². The number of hydrogen-bond donors (Lipinski definition) is 1. The SMILES string of the molecule is O=c1ccc2cc3cc(Cl)ccc3nc2[nH]1. The molecule has 3 nitrogen and oxygen atoms in total. The van der Waals surface area contributed by atoms with E-state index in [1.54, 1.807) is 12.1 Å². The van der Waals surface area contributed by atoms with Crippen LogP contribution in [0.1, 0.15) is 0 Å². The van der Waals surface area contributed by atoms with Gasteiger partial charge in [0.05, 0.1) is 5.52 Å². The van der Waals surface area contributed by atoms with Crippen LogP contribution in [0.3, 0.4) is 0 Å². The van der Waals surface area contributed by atoms with E-state index in [4.69, 9.17) is 11.6 Å². The van der Waals surface area contributed by atoms with Gasteiger partial charge in [-0.3, -0.25) is 4.79 Å². The predicted octanol–water partition coefficient (Wildman–Crippen LogP) is 2.73. The Hall–Kier alpha value is -1.87. The summed E-state index contributed by atoms with van der Waals surface area (Å²) in [5, 5.41) is 2.54. The molecule has 0 aliphatic rings. The molecule has 0 atom stereocenters. The third-order valence-electron chi connectivity index (χ3n) is 2.46. The molecule has 0 spiro atoms. The van der Waals surface area contributed by atoms with Gasteiger partial charge in [0.2, 0.25) is 5.56 Å². The lowest BCUT2D eigenvalue weighted by atomic mass is 10.2. The van der Waals surface area contributed by atoms with Crippen molar-refractivity contribution in [3.8, 4) is 0 Å².